The summed E-state index contributed by atoms with van der Waals surface area (Å²) in [4.78, 5) is 0. The molecule has 0 N–H and O–H groups in total. The van der Waals surface area contributed by atoms with Crippen LogP contribution in [0.25, 0.3) is 0 Å². The van der Waals surface area contributed by atoms with E-state index >= 15 is 0 Å². The van der Waals surface area contributed by atoms with Crippen molar-refractivity contribution in [3.8, 4) is 0 Å². The van der Waals surface area contributed by atoms with Gasteiger partial charge in [-0.05, 0) is 6.58 Å². The molecule has 0 aromatic carbocycles. The van der Waals surface area contributed by atoms with Crippen LogP contribution in [-0.2, 0) is 11.2 Å². The van der Waals surface area contributed by atoms with Crippen LogP contribution in [0.4, 0.5) is 17.6 Å². The first-order valence-corrected chi connectivity index (χ1v) is 3.44. The first-order chi connectivity index (χ1) is 4.33. The molecule has 1 nitrogen and oxygen atoms in total. The minimum atomic E-state index is -4.60. The van der Waals surface area contributed by atoms with Crippen molar-refractivity contribution in [2.24, 2.45) is 0 Å². The van der Waals surface area contributed by atoms with Crippen molar-refractivity contribution in [1.29, 1.82) is 0 Å². The highest BCUT2D eigenvalue weighted by Gasteiger charge is 2.36. The maximum atomic E-state index is 11.6. The monoisotopic (exact) mass is 176 g/mol. The molecule has 0 saturated carbocycles. The standard InChI is InChI=1S/C4H4F4OS/c1-3(5)10(9)2-4(6,7)8/h1-2H2. The Labute approximate surface area is 57.9 Å². The lowest BCUT2D eigenvalue weighted by molar-refractivity contribution is -0.106. The normalized spacial score (nSPS) is 14.9. The van der Waals surface area contributed by atoms with E-state index in [4.69, 9.17) is 0 Å². The smallest absolute Gasteiger partial charge is 0.433 e. The third-order valence-corrected chi connectivity index (χ3v) is 1.63. The number of hydrogen-bond donors (Lipinski definition) is 0. The van der Waals surface area contributed by atoms with Crippen LogP contribution < -0.4 is 0 Å². The van der Waals surface area contributed by atoms with Gasteiger partial charge in [0, 0.05) is 11.2 Å². The fourth-order valence-electron chi connectivity index (χ4n) is 0.227. The van der Waals surface area contributed by atoms with E-state index in [1.807, 2.05) is 0 Å². The summed E-state index contributed by atoms with van der Waals surface area (Å²) in [6.07, 6.45) is -4.60. The highest BCUT2D eigenvalue weighted by Crippen LogP contribution is 2.20. The predicted molar refractivity (Wildman–Crippen MR) is 29.3 cm³/mol. The fraction of sp³-hybridized carbons (Fsp3) is 0.500. The summed E-state index contributed by atoms with van der Waals surface area (Å²) in [6.45, 7) is 2.47. The molecule has 0 aromatic rings. The molecule has 6 heteroatoms. The second kappa shape index (κ2) is 3.25. The average Bonchev–Trinajstić information content (AvgIpc) is 1.60. The van der Waals surface area contributed by atoms with E-state index in [-0.39, 0.29) is 0 Å². The summed E-state index contributed by atoms with van der Waals surface area (Å²) < 4.78 is 55.5. The van der Waals surface area contributed by atoms with Gasteiger partial charge in [-0.25, -0.2) is 0 Å². The Hall–Kier alpha value is -0.230. The Morgan fingerprint density at radius 3 is 2.00 bits per heavy atom. The van der Waals surface area contributed by atoms with Crippen LogP contribution in [0.3, 0.4) is 0 Å². The molecule has 0 heterocycles. The van der Waals surface area contributed by atoms with E-state index in [0.29, 0.717) is 0 Å². The van der Waals surface area contributed by atoms with Gasteiger partial charge in [0.2, 0.25) is 5.75 Å². The van der Waals surface area contributed by atoms with Gasteiger partial charge in [-0.15, -0.1) is 0 Å². The van der Waals surface area contributed by atoms with Crippen molar-refractivity contribution < 1.29 is 22.1 Å². The minimum absolute atomic E-state index is 1.45. The van der Waals surface area contributed by atoms with E-state index < -0.39 is 28.3 Å². The molecule has 0 radical (unpaired) electrons. The van der Waals surface area contributed by atoms with Crippen molar-refractivity contribution in [3.63, 3.8) is 0 Å². The van der Waals surface area contributed by atoms with E-state index in [0.717, 1.165) is 0 Å². The maximum absolute atomic E-state index is 11.6. The molecule has 0 aromatic heterocycles. The highest BCUT2D eigenvalue weighted by atomic mass is 32.2. The molecule has 1 unspecified atom stereocenters. The Morgan fingerprint density at radius 1 is 1.50 bits per heavy atom. The zero-order chi connectivity index (χ0) is 8.36. The number of rotatable bonds is 2. The van der Waals surface area contributed by atoms with Crippen molar-refractivity contribution in [2.75, 3.05) is 5.75 Å². The molecule has 0 aliphatic carbocycles. The van der Waals surface area contributed by atoms with E-state index in [1.54, 1.807) is 0 Å². The van der Waals surface area contributed by atoms with Gasteiger partial charge in [0.1, 0.15) is 0 Å². The lowest BCUT2D eigenvalue weighted by Gasteiger charge is -2.08. The number of halogens is 4. The molecule has 0 fully saturated rings. The molecule has 0 saturated heterocycles. The van der Waals surface area contributed by atoms with Gasteiger partial charge < -0.3 is 4.55 Å². The van der Waals surface area contributed by atoms with Gasteiger partial charge in [0.25, 0.3) is 5.16 Å². The Morgan fingerprint density at radius 2 is 1.90 bits per heavy atom. The second-order valence-electron chi connectivity index (χ2n) is 1.46. The van der Waals surface area contributed by atoms with Gasteiger partial charge in [0.05, 0.1) is 0 Å². The molecular weight excluding hydrogens is 172 g/mol. The summed E-state index contributed by atoms with van der Waals surface area (Å²) in [7, 11) is 0. The van der Waals surface area contributed by atoms with Gasteiger partial charge in [0.15, 0.2) is 0 Å². The first-order valence-electron chi connectivity index (χ1n) is 2.12. The molecule has 0 rings (SSSR count). The fourth-order valence-corrected chi connectivity index (χ4v) is 0.681. The van der Waals surface area contributed by atoms with Crippen LogP contribution in [0, 0.1) is 0 Å². The van der Waals surface area contributed by atoms with Crippen LogP contribution in [0.5, 0.6) is 0 Å². The molecule has 0 aliphatic heterocycles. The molecule has 10 heavy (non-hydrogen) atoms. The molecule has 0 amide bonds. The van der Waals surface area contributed by atoms with Gasteiger partial charge >= 0.3 is 6.18 Å². The van der Waals surface area contributed by atoms with Crippen LogP contribution in [0.15, 0.2) is 11.7 Å². The van der Waals surface area contributed by atoms with Crippen molar-refractivity contribution in [2.45, 2.75) is 6.18 Å². The molecule has 0 spiro atoms. The summed E-state index contributed by atoms with van der Waals surface area (Å²) >= 11 is -2.63. The Bertz CT molecular complexity index is 132. The largest absolute Gasteiger partial charge is 0.609 e. The lowest BCUT2D eigenvalue weighted by Crippen LogP contribution is -2.22. The van der Waals surface area contributed by atoms with Crippen LogP contribution in [0.2, 0.25) is 0 Å². The van der Waals surface area contributed by atoms with Gasteiger partial charge in [-0.2, -0.15) is 17.6 Å². The predicted octanol–water partition coefficient (Wildman–Crippen LogP) is 1.74. The van der Waals surface area contributed by atoms with Crippen molar-refractivity contribution in [1.82, 2.24) is 0 Å². The lowest BCUT2D eigenvalue weighted by atomic mass is 10.8. The van der Waals surface area contributed by atoms with Crippen LogP contribution in [-0.4, -0.2) is 16.5 Å². The molecule has 1 atom stereocenters. The van der Waals surface area contributed by atoms with E-state index in [9.17, 15) is 22.1 Å². The third kappa shape index (κ3) is 4.63. The highest BCUT2D eigenvalue weighted by molar-refractivity contribution is 7.95. The maximum Gasteiger partial charge on any atom is 0.433 e. The average molecular weight is 176 g/mol. The second-order valence-corrected chi connectivity index (χ2v) is 2.88. The topological polar surface area (TPSA) is 23.1 Å². The summed E-state index contributed by atoms with van der Waals surface area (Å²) in [5.41, 5.74) is 0. The number of alkyl halides is 3. The van der Waals surface area contributed by atoms with E-state index in [1.165, 1.54) is 0 Å². The Balaban J connectivity index is 3.80. The molecule has 60 valence electrons. The molecular formula is C4H4F4OS. The quantitative estimate of drug-likeness (QED) is 0.464. The summed E-state index contributed by atoms with van der Waals surface area (Å²) in [5, 5.41) is -1.45. The van der Waals surface area contributed by atoms with Gasteiger partial charge in [-0.1, -0.05) is 0 Å². The SMILES string of the molecule is C=C(F)[S+]([O-])CC(F)(F)F. The summed E-state index contributed by atoms with van der Waals surface area (Å²) in [6, 6.07) is 0. The minimum Gasteiger partial charge on any atom is -0.609 e. The van der Waals surface area contributed by atoms with Gasteiger partial charge in [-0.3, -0.25) is 0 Å². The van der Waals surface area contributed by atoms with E-state index in [2.05, 4.69) is 6.58 Å². The summed E-state index contributed by atoms with van der Waals surface area (Å²) in [5.74, 6) is -1.66. The number of hydrogen-bond acceptors (Lipinski definition) is 1. The Kier molecular flexibility index (Phi) is 3.17. The molecule has 0 aliphatic rings. The first kappa shape index (κ1) is 9.77. The zero-order valence-electron chi connectivity index (χ0n) is 4.74. The third-order valence-electron chi connectivity index (χ3n) is 0.542. The van der Waals surface area contributed by atoms with Crippen molar-refractivity contribution in [3.05, 3.63) is 11.7 Å². The zero-order valence-corrected chi connectivity index (χ0v) is 5.56. The van der Waals surface area contributed by atoms with Crippen LogP contribution >= 0.6 is 0 Å². The van der Waals surface area contributed by atoms with Crippen LogP contribution in [0.1, 0.15) is 0 Å². The molecule has 0 bridgehead atoms. The van der Waals surface area contributed by atoms with Crippen molar-refractivity contribution >= 4 is 11.2 Å².